The Kier molecular flexibility index (Phi) is 6.75. The number of carbonyl (C=O) groups is 3. The number of morpholine rings is 1. The molecule has 3 aliphatic heterocycles. The number of hydrogen-bond donors (Lipinski definition) is 0. The second-order valence-electron chi connectivity index (χ2n) is 8.52. The molecule has 1 atom stereocenters. The van der Waals surface area contributed by atoms with Crippen LogP contribution in [0.4, 0.5) is 0 Å². The first-order chi connectivity index (χ1) is 15.1. The first-order valence-electron chi connectivity index (χ1n) is 11.2. The van der Waals surface area contributed by atoms with Crippen molar-refractivity contribution < 1.29 is 23.9 Å². The third-order valence-electron chi connectivity index (χ3n) is 6.61. The van der Waals surface area contributed by atoms with Crippen LogP contribution in [0, 0.1) is 5.92 Å². The van der Waals surface area contributed by atoms with Crippen molar-refractivity contribution in [3.63, 3.8) is 0 Å². The van der Waals surface area contributed by atoms with Crippen LogP contribution in [-0.4, -0.2) is 91.5 Å². The van der Waals surface area contributed by atoms with Gasteiger partial charge in [-0.2, -0.15) is 0 Å². The molecule has 3 amide bonds. The van der Waals surface area contributed by atoms with Crippen molar-refractivity contribution in [2.75, 3.05) is 53.0 Å². The number of nitrogens with zero attached hydrogens (tertiary/aromatic N) is 3. The van der Waals surface area contributed by atoms with E-state index in [1.54, 1.807) is 24.1 Å². The number of methoxy groups -OCH3 is 1. The fourth-order valence-corrected chi connectivity index (χ4v) is 4.87. The molecule has 31 heavy (non-hydrogen) atoms. The predicted molar refractivity (Wildman–Crippen MR) is 114 cm³/mol. The Morgan fingerprint density at radius 3 is 2.61 bits per heavy atom. The Balaban J connectivity index is 1.32. The van der Waals surface area contributed by atoms with Crippen LogP contribution in [0.1, 0.15) is 36.0 Å². The fourth-order valence-electron chi connectivity index (χ4n) is 4.87. The summed E-state index contributed by atoms with van der Waals surface area (Å²) in [6.07, 6.45) is 3.24. The molecule has 1 aromatic carbocycles. The van der Waals surface area contributed by atoms with Crippen LogP contribution in [0.3, 0.4) is 0 Å². The lowest BCUT2D eigenvalue weighted by molar-refractivity contribution is -0.148. The van der Waals surface area contributed by atoms with Gasteiger partial charge in [0, 0.05) is 44.3 Å². The van der Waals surface area contributed by atoms with E-state index in [0.717, 1.165) is 25.7 Å². The van der Waals surface area contributed by atoms with Crippen molar-refractivity contribution in [1.29, 1.82) is 0 Å². The standard InChI is InChI=1S/C23H31N3O5/c1-30-20-6-2-4-17(14-20)22(28)25-9-3-5-18(15-25)23(29)24-10-7-19(8-11-24)26-12-13-31-16-21(26)27/h2,4,6,14,18-19H,3,5,7-13,15-16H2,1H3. The van der Waals surface area contributed by atoms with Crippen LogP contribution in [-0.2, 0) is 14.3 Å². The van der Waals surface area contributed by atoms with E-state index in [4.69, 9.17) is 9.47 Å². The summed E-state index contributed by atoms with van der Waals surface area (Å²) in [6.45, 7) is 3.84. The first kappa shape index (κ1) is 21.6. The van der Waals surface area contributed by atoms with E-state index in [1.165, 1.54) is 0 Å². The monoisotopic (exact) mass is 429 g/mol. The number of hydrogen-bond acceptors (Lipinski definition) is 5. The molecule has 1 unspecified atom stereocenters. The molecule has 4 rings (SSSR count). The van der Waals surface area contributed by atoms with Crippen molar-refractivity contribution in [2.45, 2.75) is 31.7 Å². The van der Waals surface area contributed by atoms with Gasteiger partial charge in [0.25, 0.3) is 5.91 Å². The molecule has 8 nitrogen and oxygen atoms in total. The molecule has 3 fully saturated rings. The lowest BCUT2D eigenvalue weighted by atomic mass is 9.94. The van der Waals surface area contributed by atoms with E-state index in [-0.39, 0.29) is 36.3 Å². The summed E-state index contributed by atoms with van der Waals surface area (Å²) >= 11 is 0. The van der Waals surface area contributed by atoms with Crippen LogP contribution in [0.25, 0.3) is 0 Å². The minimum absolute atomic E-state index is 0.0509. The highest BCUT2D eigenvalue weighted by atomic mass is 16.5. The number of likely N-dealkylation sites (tertiary alicyclic amines) is 2. The van der Waals surface area contributed by atoms with Gasteiger partial charge in [-0.25, -0.2) is 0 Å². The minimum Gasteiger partial charge on any atom is -0.497 e. The van der Waals surface area contributed by atoms with E-state index in [0.29, 0.717) is 50.6 Å². The molecule has 0 bridgehead atoms. The highest BCUT2D eigenvalue weighted by molar-refractivity contribution is 5.95. The molecule has 0 aromatic heterocycles. The summed E-state index contributed by atoms with van der Waals surface area (Å²) in [5, 5.41) is 0. The summed E-state index contributed by atoms with van der Waals surface area (Å²) in [4.78, 5) is 43.9. The van der Waals surface area contributed by atoms with E-state index in [2.05, 4.69) is 0 Å². The molecule has 0 aliphatic carbocycles. The number of amides is 3. The van der Waals surface area contributed by atoms with Crippen LogP contribution in [0.5, 0.6) is 5.75 Å². The molecule has 0 saturated carbocycles. The summed E-state index contributed by atoms with van der Waals surface area (Å²) in [5.74, 6) is 0.618. The van der Waals surface area contributed by atoms with Crippen molar-refractivity contribution >= 4 is 17.7 Å². The van der Waals surface area contributed by atoms with Crippen molar-refractivity contribution in [1.82, 2.24) is 14.7 Å². The molecule has 8 heteroatoms. The molecule has 3 heterocycles. The highest BCUT2D eigenvalue weighted by Crippen LogP contribution is 2.25. The Bertz CT molecular complexity index is 821. The molecule has 0 spiro atoms. The van der Waals surface area contributed by atoms with E-state index < -0.39 is 0 Å². The van der Waals surface area contributed by atoms with Gasteiger partial charge in [0.1, 0.15) is 12.4 Å². The average molecular weight is 430 g/mol. The van der Waals surface area contributed by atoms with Gasteiger partial charge >= 0.3 is 0 Å². The number of ether oxygens (including phenoxy) is 2. The third kappa shape index (κ3) is 4.84. The minimum atomic E-state index is -0.162. The van der Waals surface area contributed by atoms with Gasteiger partial charge in [-0.3, -0.25) is 14.4 Å². The van der Waals surface area contributed by atoms with E-state index >= 15 is 0 Å². The van der Waals surface area contributed by atoms with Gasteiger partial charge < -0.3 is 24.2 Å². The van der Waals surface area contributed by atoms with E-state index in [9.17, 15) is 14.4 Å². The van der Waals surface area contributed by atoms with Crippen molar-refractivity contribution in [2.24, 2.45) is 5.92 Å². The molecular weight excluding hydrogens is 398 g/mol. The predicted octanol–water partition coefficient (Wildman–Crippen LogP) is 1.40. The Labute approximate surface area is 183 Å². The van der Waals surface area contributed by atoms with Crippen LogP contribution in [0.15, 0.2) is 24.3 Å². The largest absolute Gasteiger partial charge is 0.497 e. The van der Waals surface area contributed by atoms with Gasteiger partial charge in [0.2, 0.25) is 11.8 Å². The Morgan fingerprint density at radius 1 is 1.06 bits per heavy atom. The van der Waals surface area contributed by atoms with Crippen LogP contribution < -0.4 is 4.74 Å². The van der Waals surface area contributed by atoms with Gasteiger partial charge in [-0.1, -0.05) is 6.07 Å². The summed E-state index contributed by atoms with van der Waals surface area (Å²) in [6, 6.07) is 7.34. The molecule has 3 aliphatic rings. The molecular formula is C23H31N3O5. The topological polar surface area (TPSA) is 79.4 Å². The lowest BCUT2D eigenvalue weighted by Crippen LogP contribution is -2.54. The van der Waals surface area contributed by atoms with Crippen LogP contribution >= 0.6 is 0 Å². The second kappa shape index (κ2) is 9.68. The number of benzene rings is 1. The zero-order valence-electron chi connectivity index (χ0n) is 18.1. The Morgan fingerprint density at radius 2 is 1.87 bits per heavy atom. The SMILES string of the molecule is COc1cccc(C(=O)N2CCCC(C(=O)N3CCC(N4CCOCC4=O)CC3)C2)c1. The summed E-state index contributed by atoms with van der Waals surface area (Å²) in [5.41, 5.74) is 0.587. The zero-order valence-corrected chi connectivity index (χ0v) is 18.1. The zero-order chi connectivity index (χ0) is 21.8. The quantitative estimate of drug-likeness (QED) is 0.723. The van der Waals surface area contributed by atoms with E-state index in [1.807, 2.05) is 21.9 Å². The second-order valence-corrected chi connectivity index (χ2v) is 8.52. The van der Waals surface area contributed by atoms with Gasteiger partial charge in [-0.15, -0.1) is 0 Å². The van der Waals surface area contributed by atoms with Gasteiger partial charge in [-0.05, 0) is 43.9 Å². The number of carbonyl (C=O) groups excluding carboxylic acids is 3. The fraction of sp³-hybridized carbons (Fsp3) is 0.609. The van der Waals surface area contributed by atoms with Crippen LogP contribution in [0.2, 0.25) is 0 Å². The van der Waals surface area contributed by atoms with Crippen molar-refractivity contribution in [3.8, 4) is 5.75 Å². The number of rotatable bonds is 4. The molecule has 0 N–H and O–H groups in total. The summed E-state index contributed by atoms with van der Waals surface area (Å²) < 4.78 is 10.4. The maximum atomic E-state index is 13.2. The maximum Gasteiger partial charge on any atom is 0.254 e. The van der Waals surface area contributed by atoms with Gasteiger partial charge in [0.15, 0.2) is 0 Å². The van der Waals surface area contributed by atoms with Crippen molar-refractivity contribution in [3.05, 3.63) is 29.8 Å². The molecule has 3 saturated heterocycles. The Hall–Kier alpha value is -2.61. The first-order valence-corrected chi connectivity index (χ1v) is 11.2. The lowest BCUT2D eigenvalue weighted by Gasteiger charge is -2.41. The normalized spacial score (nSPS) is 23.1. The maximum absolute atomic E-state index is 13.2. The summed E-state index contributed by atoms with van der Waals surface area (Å²) in [7, 11) is 1.58. The average Bonchev–Trinajstić information content (AvgIpc) is 2.83. The molecule has 168 valence electrons. The molecule has 1 aromatic rings. The molecule has 0 radical (unpaired) electrons. The third-order valence-corrected chi connectivity index (χ3v) is 6.61. The smallest absolute Gasteiger partial charge is 0.254 e. The number of piperidine rings is 2. The highest BCUT2D eigenvalue weighted by Gasteiger charge is 2.35. The van der Waals surface area contributed by atoms with Gasteiger partial charge in [0.05, 0.1) is 19.6 Å².